The molecule has 0 aliphatic rings. The third-order valence-corrected chi connectivity index (χ3v) is 3.97. The predicted molar refractivity (Wildman–Crippen MR) is 101 cm³/mol. The van der Waals surface area contributed by atoms with Gasteiger partial charge in [-0.05, 0) is 59.7 Å². The second-order valence-electron chi connectivity index (χ2n) is 5.56. The van der Waals surface area contributed by atoms with Crippen molar-refractivity contribution < 1.29 is 19.4 Å². The van der Waals surface area contributed by atoms with Crippen molar-refractivity contribution in [1.29, 1.82) is 0 Å². The summed E-state index contributed by atoms with van der Waals surface area (Å²) in [7, 11) is 0. The smallest absolute Gasteiger partial charge is 0.338 e. The number of hydrogen-bond acceptors (Lipinski definition) is 4. The van der Waals surface area contributed by atoms with Gasteiger partial charge in [0.1, 0.15) is 24.7 Å². The van der Waals surface area contributed by atoms with Crippen molar-refractivity contribution >= 4 is 17.6 Å². The van der Waals surface area contributed by atoms with Crippen molar-refractivity contribution in [3.63, 3.8) is 0 Å². The fourth-order valence-corrected chi connectivity index (χ4v) is 2.49. The summed E-state index contributed by atoms with van der Waals surface area (Å²) in [5.74, 6) is 0.487. The number of ether oxygens (including phenoxy) is 2. The van der Waals surface area contributed by atoms with Gasteiger partial charge in [0, 0.05) is 5.02 Å². The van der Waals surface area contributed by atoms with E-state index in [-0.39, 0.29) is 19.0 Å². The van der Waals surface area contributed by atoms with Gasteiger partial charge in [-0.3, -0.25) is 0 Å². The van der Waals surface area contributed by atoms with Crippen LogP contribution in [-0.4, -0.2) is 24.3 Å². The molecule has 3 rings (SSSR count). The molecule has 26 heavy (non-hydrogen) atoms. The molecular formula is C21H17ClO4. The summed E-state index contributed by atoms with van der Waals surface area (Å²) >= 11 is 5.80. The molecule has 0 saturated carbocycles. The van der Waals surface area contributed by atoms with Crippen LogP contribution < -0.4 is 4.74 Å². The van der Waals surface area contributed by atoms with Crippen LogP contribution in [0.3, 0.4) is 0 Å². The van der Waals surface area contributed by atoms with Gasteiger partial charge < -0.3 is 14.6 Å². The van der Waals surface area contributed by atoms with Crippen LogP contribution in [0.1, 0.15) is 10.4 Å². The fourth-order valence-electron chi connectivity index (χ4n) is 2.36. The van der Waals surface area contributed by atoms with Gasteiger partial charge >= 0.3 is 5.97 Å². The Morgan fingerprint density at radius 1 is 0.808 bits per heavy atom. The van der Waals surface area contributed by atoms with E-state index in [9.17, 15) is 9.90 Å². The average Bonchev–Trinajstić information content (AvgIpc) is 2.67. The zero-order valence-corrected chi connectivity index (χ0v) is 14.6. The molecule has 0 spiro atoms. The van der Waals surface area contributed by atoms with Crippen LogP contribution in [0.4, 0.5) is 0 Å². The largest absolute Gasteiger partial charge is 0.508 e. The van der Waals surface area contributed by atoms with Gasteiger partial charge in [0.05, 0.1) is 5.56 Å². The molecule has 0 heterocycles. The molecule has 0 saturated heterocycles. The lowest BCUT2D eigenvalue weighted by molar-refractivity contribution is 0.0450. The molecule has 0 aliphatic carbocycles. The molecule has 3 aromatic rings. The van der Waals surface area contributed by atoms with Gasteiger partial charge in [-0.2, -0.15) is 0 Å². The Morgan fingerprint density at radius 3 is 2.00 bits per heavy atom. The van der Waals surface area contributed by atoms with Crippen molar-refractivity contribution in [2.45, 2.75) is 0 Å². The number of rotatable bonds is 6. The molecule has 5 heteroatoms. The van der Waals surface area contributed by atoms with Gasteiger partial charge in [-0.1, -0.05) is 35.9 Å². The molecule has 0 aromatic heterocycles. The van der Waals surface area contributed by atoms with Crippen LogP contribution >= 0.6 is 11.6 Å². The number of carbonyl (C=O) groups is 1. The van der Waals surface area contributed by atoms with Crippen molar-refractivity contribution in [2.75, 3.05) is 13.2 Å². The third kappa shape index (κ3) is 4.77. The Hall–Kier alpha value is -2.98. The van der Waals surface area contributed by atoms with Gasteiger partial charge in [0.15, 0.2) is 0 Å². The van der Waals surface area contributed by atoms with Gasteiger partial charge in [-0.15, -0.1) is 0 Å². The van der Waals surface area contributed by atoms with Crippen molar-refractivity contribution in [2.24, 2.45) is 0 Å². The van der Waals surface area contributed by atoms with Gasteiger partial charge in [-0.25, -0.2) is 4.79 Å². The first kappa shape index (κ1) is 17.8. The number of benzene rings is 3. The van der Waals surface area contributed by atoms with E-state index < -0.39 is 5.97 Å². The molecule has 1 N–H and O–H groups in total. The molecule has 0 bridgehead atoms. The molecule has 4 nitrogen and oxygen atoms in total. The summed E-state index contributed by atoms with van der Waals surface area (Å²) in [5.41, 5.74) is 2.38. The minimum Gasteiger partial charge on any atom is -0.508 e. The lowest BCUT2D eigenvalue weighted by Crippen LogP contribution is -2.12. The van der Waals surface area contributed by atoms with E-state index in [1.807, 2.05) is 24.3 Å². The van der Waals surface area contributed by atoms with Crippen molar-refractivity contribution in [3.8, 4) is 22.6 Å². The highest BCUT2D eigenvalue weighted by atomic mass is 35.5. The lowest BCUT2D eigenvalue weighted by atomic mass is 10.0. The van der Waals surface area contributed by atoms with Crippen LogP contribution in [0.5, 0.6) is 11.5 Å². The molecule has 0 aliphatic heterocycles. The Kier molecular flexibility index (Phi) is 5.77. The summed E-state index contributed by atoms with van der Waals surface area (Å²) in [5, 5.41) is 9.97. The zero-order chi connectivity index (χ0) is 18.4. The van der Waals surface area contributed by atoms with Gasteiger partial charge in [0.2, 0.25) is 0 Å². The Morgan fingerprint density at radius 2 is 1.38 bits per heavy atom. The third-order valence-electron chi connectivity index (χ3n) is 3.72. The number of carbonyl (C=O) groups excluding carboxylic acids is 1. The first-order valence-corrected chi connectivity index (χ1v) is 8.44. The van der Waals surface area contributed by atoms with E-state index in [1.165, 1.54) is 0 Å². The highest BCUT2D eigenvalue weighted by molar-refractivity contribution is 6.30. The van der Waals surface area contributed by atoms with Crippen molar-refractivity contribution in [3.05, 3.63) is 83.4 Å². The lowest BCUT2D eigenvalue weighted by Gasteiger charge is -2.08. The monoisotopic (exact) mass is 368 g/mol. The topological polar surface area (TPSA) is 55.8 Å². The molecule has 0 fully saturated rings. The number of esters is 1. The zero-order valence-electron chi connectivity index (χ0n) is 13.9. The van der Waals surface area contributed by atoms with E-state index in [1.54, 1.807) is 48.5 Å². The normalized spacial score (nSPS) is 10.3. The number of phenols is 1. The van der Waals surface area contributed by atoms with Crippen LogP contribution in [0.2, 0.25) is 5.02 Å². The van der Waals surface area contributed by atoms with Crippen LogP contribution in [0, 0.1) is 0 Å². The van der Waals surface area contributed by atoms with E-state index >= 15 is 0 Å². The van der Waals surface area contributed by atoms with Crippen LogP contribution in [-0.2, 0) is 4.74 Å². The van der Waals surface area contributed by atoms with Crippen molar-refractivity contribution in [1.82, 2.24) is 0 Å². The van der Waals surface area contributed by atoms with E-state index in [0.717, 1.165) is 11.1 Å². The maximum atomic E-state index is 12.1. The highest BCUT2D eigenvalue weighted by Gasteiger charge is 2.07. The summed E-state index contributed by atoms with van der Waals surface area (Å²) in [6.07, 6.45) is 0. The predicted octanol–water partition coefficient (Wildman–Crippen LogP) is 4.95. The minimum atomic E-state index is -0.401. The van der Waals surface area contributed by atoms with Crippen LogP contribution in [0.15, 0.2) is 72.8 Å². The van der Waals surface area contributed by atoms with E-state index in [2.05, 4.69) is 0 Å². The minimum absolute atomic E-state index is 0.154. The second-order valence-corrected chi connectivity index (χ2v) is 6.00. The quantitative estimate of drug-likeness (QED) is 0.494. The molecular weight excluding hydrogens is 352 g/mol. The fraction of sp³-hybridized carbons (Fsp3) is 0.0952. The second kappa shape index (κ2) is 8.41. The summed E-state index contributed by atoms with van der Waals surface area (Å²) < 4.78 is 10.7. The van der Waals surface area contributed by atoms with E-state index in [4.69, 9.17) is 21.1 Å². The Bertz CT molecular complexity index is 856. The first-order chi connectivity index (χ1) is 12.6. The number of halogens is 1. The number of aromatic hydroxyl groups is 1. The highest BCUT2D eigenvalue weighted by Crippen LogP contribution is 2.22. The molecule has 0 amide bonds. The summed E-state index contributed by atoms with van der Waals surface area (Å²) in [4.78, 5) is 12.1. The Balaban J connectivity index is 1.50. The molecule has 132 valence electrons. The summed E-state index contributed by atoms with van der Waals surface area (Å²) in [6, 6.07) is 21.0. The molecule has 0 unspecified atom stereocenters. The Labute approximate surface area is 156 Å². The maximum absolute atomic E-state index is 12.1. The summed E-state index contributed by atoms with van der Waals surface area (Å²) in [6.45, 7) is 0.417. The molecule has 0 radical (unpaired) electrons. The number of hydrogen-bond donors (Lipinski definition) is 1. The SMILES string of the molecule is O=C(OCCOc1ccc(Cl)cc1)c1ccc(-c2ccc(O)cc2)cc1. The van der Waals surface area contributed by atoms with Gasteiger partial charge in [0.25, 0.3) is 0 Å². The first-order valence-electron chi connectivity index (χ1n) is 8.07. The van der Waals surface area contributed by atoms with Crippen LogP contribution in [0.25, 0.3) is 11.1 Å². The van der Waals surface area contributed by atoms with E-state index in [0.29, 0.717) is 16.3 Å². The number of phenolic OH excluding ortho intramolecular Hbond substituents is 1. The molecule has 0 atom stereocenters. The average molecular weight is 369 g/mol. The molecule has 3 aromatic carbocycles. The maximum Gasteiger partial charge on any atom is 0.338 e. The standard InChI is InChI=1S/C21H17ClO4/c22-18-7-11-20(12-8-18)25-13-14-26-21(24)17-3-1-15(2-4-17)16-5-9-19(23)10-6-16/h1-12,23H,13-14H2.